The van der Waals surface area contributed by atoms with Crippen molar-refractivity contribution in [2.24, 2.45) is 5.73 Å². The third-order valence-corrected chi connectivity index (χ3v) is 4.15. The Morgan fingerprint density at radius 1 is 1.18 bits per heavy atom. The van der Waals surface area contributed by atoms with E-state index >= 15 is 0 Å². The van der Waals surface area contributed by atoms with E-state index in [-0.39, 0.29) is 11.9 Å². The molecule has 0 saturated carbocycles. The monoisotopic (exact) mass is 249 g/mol. The van der Waals surface area contributed by atoms with Crippen LogP contribution in [0, 0.1) is 26.6 Å². The van der Waals surface area contributed by atoms with E-state index in [0.29, 0.717) is 11.1 Å². The molecule has 2 N–H and O–H groups in total. The van der Waals surface area contributed by atoms with Gasteiger partial charge in [-0.15, -0.1) is 11.3 Å². The average molecular weight is 249 g/mol. The molecule has 1 aromatic carbocycles. The third kappa shape index (κ3) is 2.26. The molecule has 3 heteroatoms. The second-order valence-corrected chi connectivity index (χ2v) is 5.65. The molecule has 0 amide bonds. The first-order chi connectivity index (χ1) is 8.00. The van der Waals surface area contributed by atoms with Crippen molar-refractivity contribution in [2.75, 3.05) is 0 Å². The van der Waals surface area contributed by atoms with Crippen molar-refractivity contribution in [3.05, 3.63) is 56.5 Å². The van der Waals surface area contributed by atoms with E-state index in [4.69, 9.17) is 5.73 Å². The van der Waals surface area contributed by atoms with E-state index in [1.165, 1.54) is 4.88 Å². The van der Waals surface area contributed by atoms with Crippen molar-refractivity contribution < 1.29 is 4.39 Å². The lowest BCUT2D eigenvalue weighted by molar-refractivity contribution is 0.592. The minimum Gasteiger partial charge on any atom is -0.320 e. The van der Waals surface area contributed by atoms with Crippen LogP contribution in [0.25, 0.3) is 0 Å². The number of halogens is 1. The summed E-state index contributed by atoms with van der Waals surface area (Å²) < 4.78 is 14.0. The van der Waals surface area contributed by atoms with Crippen molar-refractivity contribution >= 4 is 11.3 Å². The number of nitrogens with two attached hydrogens (primary N) is 1. The van der Waals surface area contributed by atoms with Gasteiger partial charge in [0.1, 0.15) is 5.82 Å². The average Bonchev–Trinajstić information content (AvgIpc) is 2.61. The van der Waals surface area contributed by atoms with Gasteiger partial charge in [0.05, 0.1) is 6.04 Å². The van der Waals surface area contributed by atoms with Crippen LogP contribution in [0.1, 0.15) is 32.5 Å². The van der Waals surface area contributed by atoms with Gasteiger partial charge in [-0.05, 0) is 38.0 Å². The van der Waals surface area contributed by atoms with Crippen LogP contribution >= 0.6 is 11.3 Å². The zero-order valence-corrected chi connectivity index (χ0v) is 11.1. The van der Waals surface area contributed by atoms with Crippen molar-refractivity contribution in [3.63, 3.8) is 0 Å². The molecular weight excluding hydrogens is 233 g/mol. The summed E-state index contributed by atoms with van der Waals surface area (Å²) in [6, 6.07) is 7.10. The number of hydrogen-bond donors (Lipinski definition) is 1. The van der Waals surface area contributed by atoms with E-state index in [1.54, 1.807) is 30.4 Å². The first-order valence-corrected chi connectivity index (χ1v) is 6.40. The molecule has 2 rings (SSSR count). The van der Waals surface area contributed by atoms with E-state index in [2.05, 4.69) is 6.07 Å². The summed E-state index contributed by atoms with van der Waals surface area (Å²) in [5.41, 5.74) is 8.53. The Hall–Kier alpha value is -1.19. The summed E-state index contributed by atoms with van der Waals surface area (Å²) in [6.45, 7) is 5.82. The maximum absolute atomic E-state index is 14.0. The smallest absolute Gasteiger partial charge is 0.131 e. The number of benzene rings is 1. The molecule has 2 aromatic rings. The highest BCUT2D eigenvalue weighted by molar-refractivity contribution is 7.12. The standard InChI is InChI=1S/C14H16FNS/c1-8-5-4-6-11(12(8)15)13(16)14-9(2)7-10(3)17-14/h4-7,13H,16H2,1-3H3. The number of aryl methyl sites for hydroxylation is 3. The van der Waals surface area contributed by atoms with Gasteiger partial charge in [0.2, 0.25) is 0 Å². The normalized spacial score (nSPS) is 12.8. The number of rotatable bonds is 2. The predicted molar refractivity (Wildman–Crippen MR) is 71.0 cm³/mol. The van der Waals surface area contributed by atoms with E-state index in [9.17, 15) is 4.39 Å². The van der Waals surface area contributed by atoms with Gasteiger partial charge >= 0.3 is 0 Å². The molecule has 0 bridgehead atoms. The largest absolute Gasteiger partial charge is 0.320 e. The van der Waals surface area contributed by atoms with Crippen molar-refractivity contribution in [2.45, 2.75) is 26.8 Å². The summed E-state index contributed by atoms with van der Waals surface area (Å²) in [5, 5.41) is 0. The molecule has 17 heavy (non-hydrogen) atoms. The fourth-order valence-electron chi connectivity index (χ4n) is 2.02. The SMILES string of the molecule is Cc1cc(C)c(C(N)c2cccc(C)c2F)s1. The van der Waals surface area contributed by atoms with Crippen LogP contribution in [0.4, 0.5) is 4.39 Å². The predicted octanol–water partition coefficient (Wildman–Crippen LogP) is 3.86. The molecule has 1 nitrogen and oxygen atoms in total. The fourth-order valence-corrected chi connectivity index (χ4v) is 3.08. The molecule has 0 saturated heterocycles. The quantitative estimate of drug-likeness (QED) is 0.859. The summed E-state index contributed by atoms with van der Waals surface area (Å²) >= 11 is 1.64. The Labute approximate surface area is 105 Å². The van der Waals surface area contributed by atoms with Gasteiger partial charge in [-0.3, -0.25) is 0 Å². The van der Waals surface area contributed by atoms with Gasteiger partial charge < -0.3 is 5.73 Å². The summed E-state index contributed by atoms with van der Waals surface area (Å²) in [7, 11) is 0. The lowest BCUT2D eigenvalue weighted by Gasteiger charge is -2.13. The molecule has 0 spiro atoms. The third-order valence-electron chi connectivity index (χ3n) is 2.92. The molecule has 0 aliphatic carbocycles. The zero-order chi connectivity index (χ0) is 12.6. The molecule has 1 heterocycles. The molecule has 0 aliphatic heterocycles. The van der Waals surface area contributed by atoms with Crippen LogP contribution in [0.3, 0.4) is 0 Å². The zero-order valence-electron chi connectivity index (χ0n) is 10.3. The van der Waals surface area contributed by atoms with Crippen molar-refractivity contribution in [1.29, 1.82) is 0 Å². The fraction of sp³-hybridized carbons (Fsp3) is 0.286. The molecule has 1 atom stereocenters. The van der Waals surface area contributed by atoms with Gasteiger partial charge in [-0.25, -0.2) is 4.39 Å². The molecule has 0 radical (unpaired) electrons. The second kappa shape index (κ2) is 4.59. The van der Waals surface area contributed by atoms with Gasteiger partial charge in [0.25, 0.3) is 0 Å². The number of thiophene rings is 1. The highest BCUT2D eigenvalue weighted by Crippen LogP contribution is 2.31. The minimum atomic E-state index is -0.367. The lowest BCUT2D eigenvalue weighted by atomic mass is 10.0. The number of hydrogen-bond acceptors (Lipinski definition) is 2. The van der Waals surface area contributed by atoms with Gasteiger partial charge in [-0.1, -0.05) is 18.2 Å². The summed E-state index contributed by atoms with van der Waals surface area (Å²) in [6.07, 6.45) is 0. The topological polar surface area (TPSA) is 26.0 Å². The molecule has 0 aliphatic rings. The Bertz CT molecular complexity index is 545. The van der Waals surface area contributed by atoms with Crippen LogP contribution in [0.15, 0.2) is 24.3 Å². The van der Waals surface area contributed by atoms with Crippen molar-refractivity contribution in [3.8, 4) is 0 Å². The minimum absolute atomic E-state index is 0.189. The Morgan fingerprint density at radius 2 is 1.88 bits per heavy atom. The Kier molecular flexibility index (Phi) is 3.31. The Morgan fingerprint density at radius 3 is 2.47 bits per heavy atom. The Balaban J connectivity index is 2.47. The highest BCUT2D eigenvalue weighted by atomic mass is 32.1. The molecule has 1 unspecified atom stereocenters. The molecule has 90 valence electrons. The van der Waals surface area contributed by atoms with Crippen molar-refractivity contribution in [1.82, 2.24) is 0 Å². The highest BCUT2D eigenvalue weighted by Gasteiger charge is 2.18. The maximum Gasteiger partial charge on any atom is 0.131 e. The van der Waals surface area contributed by atoms with Crippen LogP contribution < -0.4 is 5.73 Å². The van der Waals surface area contributed by atoms with Gasteiger partial charge in [0, 0.05) is 15.3 Å². The molecular formula is C14H16FNS. The van der Waals surface area contributed by atoms with Gasteiger partial charge in [0.15, 0.2) is 0 Å². The van der Waals surface area contributed by atoms with E-state index in [0.717, 1.165) is 10.4 Å². The lowest BCUT2D eigenvalue weighted by Crippen LogP contribution is -2.13. The van der Waals surface area contributed by atoms with E-state index < -0.39 is 0 Å². The molecule has 0 fully saturated rings. The first-order valence-electron chi connectivity index (χ1n) is 5.58. The maximum atomic E-state index is 14.0. The van der Waals surface area contributed by atoms with Crippen LogP contribution in [-0.4, -0.2) is 0 Å². The van der Waals surface area contributed by atoms with E-state index in [1.807, 2.05) is 19.9 Å². The second-order valence-electron chi connectivity index (χ2n) is 4.36. The van der Waals surface area contributed by atoms with Crippen LogP contribution in [-0.2, 0) is 0 Å². The summed E-state index contributed by atoms with van der Waals surface area (Å²) in [5.74, 6) is -0.189. The summed E-state index contributed by atoms with van der Waals surface area (Å²) in [4.78, 5) is 2.26. The van der Waals surface area contributed by atoms with Crippen LogP contribution in [0.5, 0.6) is 0 Å². The first kappa shape index (κ1) is 12.3. The molecule has 1 aromatic heterocycles. The van der Waals surface area contributed by atoms with Gasteiger partial charge in [-0.2, -0.15) is 0 Å². The van der Waals surface area contributed by atoms with Crippen LogP contribution in [0.2, 0.25) is 0 Å².